The Morgan fingerprint density at radius 2 is 2.21 bits per heavy atom. The summed E-state index contributed by atoms with van der Waals surface area (Å²) in [5.74, 6) is 0.469. The van der Waals surface area contributed by atoms with Gasteiger partial charge in [0.1, 0.15) is 5.82 Å². The summed E-state index contributed by atoms with van der Waals surface area (Å²) in [6.07, 6.45) is 5.42. The summed E-state index contributed by atoms with van der Waals surface area (Å²) in [5, 5.41) is 11.0. The number of pyridine rings is 1. The molecule has 0 bridgehead atoms. The second kappa shape index (κ2) is 5.88. The molecule has 1 aliphatic rings. The van der Waals surface area contributed by atoms with Gasteiger partial charge < -0.3 is 15.7 Å². The number of likely N-dealkylation sites (tertiary alicyclic amines) is 1. The van der Waals surface area contributed by atoms with Gasteiger partial charge in [-0.3, -0.25) is 0 Å². The van der Waals surface area contributed by atoms with Gasteiger partial charge in [-0.05, 0) is 57.3 Å². The van der Waals surface area contributed by atoms with E-state index in [0.717, 1.165) is 56.4 Å². The molecular formula is C15H25N3O. The highest BCUT2D eigenvalue weighted by molar-refractivity contribution is 5.44. The van der Waals surface area contributed by atoms with Crippen LogP contribution in [0.3, 0.4) is 0 Å². The van der Waals surface area contributed by atoms with Crippen molar-refractivity contribution in [1.29, 1.82) is 0 Å². The Kier molecular flexibility index (Phi) is 4.42. The highest BCUT2D eigenvalue weighted by Crippen LogP contribution is 2.35. The average Bonchev–Trinajstić information content (AvgIpc) is 2.56. The Bertz CT molecular complexity index is 435. The molecule has 4 nitrogen and oxygen atoms in total. The number of nitrogens with two attached hydrogens (primary N) is 1. The second-order valence-corrected chi connectivity index (χ2v) is 5.67. The minimum atomic E-state index is -0.814. The molecule has 0 spiro atoms. The Labute approximate surface area is 115 Å². The Balaban J connectivity index is 2.20. The summed E-state index contributed by atoms with van der Waals surface area (Å²) < 4.78 is 0. The van der Waals surface area contributed by atoms with Gasteiger partial charge >= 0.3 is 0 Å². The van der Waals surface area contributed by atoms with Crippen molar-refractivity contribution in [2.75, 3.05) is 25.4 Å². The number of aromatic nitrogens is 1. The minimum Gasteiger partial charge on any atom is -0.385 e. The van der Waals surface area contributed by atoms with Gasteiger partial charge in [-0.2, -0.15) is 0 Å². The van der Waals surface area contributed by atoms with Crippen LogP contribution in [0, 0.1) is 6.92 Å². The molecule has 19 heavy (non-hydrogen) atoms. The van der Waals surface area contributed by atoms with E-state index in [2.05, 4.69) is 16.8 Å². The van der Waals surface area contributed by atoms with Crippen LogP contribution in [0.2, 0.25) is 0 Å². The van der Waals surface area contributed by atoms with Crippen LogP contribution < -0.4 is 5.73 Å². The van der Waals surface area contributed by atoms with Crippen molar-refractivity contribution in [2.45, 2.75) is 45.1 Å². The molecule has 0 radical (unpaired) electrons. The Morgan fingerprint density at radius 1 is 1.42 bits per heavy atom. The van der Waals surface area contributed by atoms with Crippen LogP contribution >= 0.6 is 0 Å². The molecule has 4 heteroatoms. The molecule has 2 heterocycles. The number of aryl methyl sites for hydroxylation is 1. The van der Waals surface area contributed by atoms with E-state index >= 15 is 0 Å². The first-order valence-electron chi connectivity index (χ1n) is 7.22. The number of rotatable bonds is 3. The first-order chi connectivity index (χ1) is 9.05. The number of nitrogens with zero attached hydrogens (tertiary/aromatic N) is 2. The van der Waals surface area contributed by atoms with Crippen LogP contribution in [0.15, 0.2) is 12.3 Å². The van der Waals surface area contributed by atoms with Crippen molar-refractivity contribution < 1.29 is 5.11 Å². The predicted molar refractivity (Wildman–Crippen MR) is 77.9 cm³/mol. The summed E-state index contributed by atoms with van der Waals surface area (Å²) >= 11 is 0. The molecule has 1 atom stereocenters. The van der Waals surface area contributed by atoms with E-state index in [1.807, 2.05) is 13.0 Å². The lowest BCUT2D eigenvalue weighted by molar-refractivity contribution is 0.0216. The third-order valence-electron chi connectivity index (χ3n) is 4.00. The minimum absolute atomic E-state index is 0.469. The monoisotopic (exact) mass is 263 g/mol. The van der Waals surface area contributed by atoms with Crippen molar-refractivity contribution in [3.63, 3.8) is 0 Å². The predicted octanol–water partition coefficient (Wildman–Crippen LogP) is 2.06. The van der Waals surface area contributed by atoms with E-state index in [-0.39, 0.29) is 0 Å². The van der Waals surface area contributed by atoms with Crippen LogP contribution in [0.4, 0.5) is 5.82 Å². The third-order valence-corrected chi connectivity index (χ3v) is 4.00. The van der Waals surface area contributed by atoms with Crippen LogP contribution in [0.5, 0.6) is 0 Å². The van der Waals surface area contributed by atoms with E-state index in [9.17, 15) is 5.11 Å². The van der Waals surface area contributed by atoms with Gasteiger partial charge in [0, 0.05) is 18.3 Å². The summed E-state index contributed by atoms with van der Waals surface area (Å²) in [6.45, 7) is 7.28. The van der Waals surface area contributed by atoms with E-state index in [0.29, 0.717) is 5.82 Å². The Morgan fingerprint density at radius 3 is 2.95 bits per heavy atom. The quantitative estimate of drug-likeness (QED) is 0.876. The van der Waals surface area contributed by atoms with E-state index in [4.69, 9.17) is 5.73 Å². The van der Waals surface area contributed by atoms with Crippen LogP contribution in [-0.2, 0) is 5.60 Å². The molecule has 1 aromatic heterocycles. The third kappa shape index (κ3) is 3.25. The number of aliphatic hydroxyl groups is 1. The van der Waals surface area contributed by atoms with Crippen molar-refractivity contribution in [3.05, 3.63) is 23.4 Å². The molecule has 0 aliphatic carbocycles. The lowest BCUT2D eigenvalue weighted by atomic mass is 9.86. The lowest BCUT2D eigenvalue weighted by Crippen LogP contribution is -2.30. The largest absolute Gasteiger partial charge is 0.385 e. The first kappa shape index (κ1) is 14.3. The molecule has 0 aromatic carbocycles. The van der Waals surface area contributed by atoms with E-state index in [1.165, 1.54) is 0 Å². The van der Waals surface area contributed by atoms with Crippen LogP contribution in [-0.4, -0.2) is 34.6 Å². The highest BCUT2D eigenvalue weighted by Gasteiger charge is 2.33. The smallest absolute Gasteiger partial charge is 0.129 e. The van der Waals surface area contributed by atoms with Crippen LogP contribution in [0.25, 0.3) is 0 Å². The molecule has 1 saturated heterocycles. The first-order valence-corrected chi connectivity index (χ1v) is 7.22. The van der Waals surface area contributed by atoms with Gasteiger partial charge in [-0.15, -0.1) is 0 Å². The molecular weight excluding hydrogens is 238 g/mol. The average molecular weight is 263 g/mol. The molecule has 1 unspecified atom stereocenters. The van der Waals surface area contributed by atoms with Gasteiger partial charge in [0.15, 0.2) is 0 Å². The summed E-state index contributed by atoms with van der Waals surface area (Å²) in [4.78, 5) is 6.62. The molecule has 2 rings (SSSR count). The van der Waals surface area contributed by atoms with Gasteiger partial charge in [-0.25, -0.2) is 4.98 Å². The SMILES string of the molecule is CCCN1CCCC(O)(c2cc(C)cnc2N)CC1. The summed E-state index contributed by atoms with van der Waals surface area (Å²) in [6, 6.07) is 1.98. The summed E-state index contributed by atoms with van der Waals surface area (Å²) in [7, 11) is 0. The molecule has 1 aromatic rings. The van der Waals surface area contributed by atoms with Gasteiger partial charge in [0.2, 0.25) is 0 Å². The molecule has 0 amide bonds. The molecule has 3 N–H and O–H groups in total. The fourth-order valence-corrected chi connectivity index (χ4v) is 2.94. The zero-order valence-corrected chi connectivity index (χ0v) is 12.0. The zero-order chi connectivity index (χ0) is 13.9. The van der Waals surface area contributed by atoms with Crippen molar-refractivity contribution in [1.82, 2.24) is 9.88 Å². The van der Waals surface area contributed by atoms with Gasteiger partial charge in [0.05, 0.1) is 5.60 Å². The highest BCUT2D eigenvalue weighted by atomic mass is 16.3. The van der Waals surface area contributed by atoms with E-state index < -0.39 is 5.60 Å². The standard InChI is InChI=1S/C15H25N3O/c1-3-7-18-8-4-5-15(19,6-9-18)13-10-12(2)11-17-14(13)16/h10-11,19H,3-9H2,1-2H3,(H2,16,17). The fourth-order valence-electron chi connectivity index (χ4n) is 2.94. The zero-order valence-electron chi connectivity index (χ0n) is 12.0. The lowest BCUT2D eigenvalue weighted by Gasteiger charge is -2.28. The van der Waals surface area contributed by atoms with Crippen molar-refractivity contribution in [2.24, 2.45) is 0 Å². The Hall–Kier alpha value is -1.13. The van der Waals surface area contributed by atoms with Crippen LogP contribution in [0.1, 0.15) is 43.7 Å². The van der Waals surface area contributed by atoms with Crippen molar-refractivity contribution >= 4 is 5.82 Å². The maximum atomic E-state index is 11.0. The van der Waals surface area contributed by atoms with Gasteiger partial charge in [0.25, 0.3) is 0 Å². The molecule has 0 saturated carbocycles. The number of anilines is 1. The number of hydrogen-bond acceptors (Lipinski definition) is 4. The van der Waals surface area contributed by atoms with Crippen molar-refractivity contribution in [3.8, 4) is 0 Å². The normalized spacial score (nSPS) is 25.2. The van der Waals surface area contributed by atoms with E-state index in [1.54, 1.807) is 6.20 Å². The topological polar surface area (TPSA) is 62.4 Å². The molecule has 1 aliphatic heterocycles. The maximum absolute atomic E-state index is 11.0. The number of nitrogen functional groups attached to an aromatic ring is 1. The maximum Gasteiger partial charge on any atom is 0.129 e. The fraction of sp³-hybridized carbons (Fsp3) is 0.667. The second-order valence-electron chi connectivity index (χ2n) is 5.67. The van der Waals surface area contributed by atoms with Gasteiger partial charge in [-0.1, -0.05) is 6.92 Å². The molecule has 106 valence electrons. The number of hydrogen-bond donors (Lipinski definition) is 2. The molecule has 1 fully saturated rings. The summed E-state index contributed by atoms with van der Waals surface area (Å²) in [5.41, 5.74) is 7.01.